The lowest BCUT2D eigenvalue weighted by atomic mass is 10.1. The number of anilines is 2. The molecule has 0 spiro atoms. The van der Waals surface area contributed by atoms with Crippen LogP contribution in [0.15, 0.2) is 18.2 Å². The molecule has 0 radical (unpaired) electrons. The van der Waals surface area contributed by atoms with Crippen LogP contribution in [0.25, 0.3) is 0 Å². The minimum absolute atomic E-state index is 0.0536. The Balaban J connectivity index is 2.51. The normalized spacial score (nSPS) is 14.9. The van der Waals surface area contributed by atoms with Gasteiger partial charge in [-0.3, -0.25) is 9.59 Å². The Kier molecular flexibility index (Phi) is 3.10. The predicted octanol–water partition coefficient (Wildman–Crippen LogP) is 0.629. The summed E-state index contributed by atoms with van der Waals surface area (Å²) in [7, 11) is 0. The molecule has 0 unspecified atom stereocenters. The summed E-state index contributed by atoms with van der Waals surface area (Å²) < 4.78 is 0. The van der Waals surface area contributed by atoms with Crippen molar-refractivity contribution >= 4 is 23.2 Å². The molecule has 1 aromatic carbocycles. The van der Waals surface area contributed by atoms with Gasteiger partial charge in [-0.25, -0.2) is 0 Å². The first kappa shape index (κ1) is 11.6. The molecule has 2 amide bonds. The molecule has 0 atom stereocenters. The zero-order valence-electron chi connectivity index (χ0n) is 9.69. The second-order valence-electron chi connectivity index (χ2n) is 4.02. The summed E-state index contributed by atoms with van der Waals surface area (Å²) in [6.45, 7) is 2.23. The van der Waals surface area contributed by atoms with Gasteiger partial charge in [-0.15, -0.1) is 0 Å². The molecule has 90 valence electrons. The molecule has 0 fully saturated rings. The highest BCUT2D eigenvalue weighted by atomic mass is 16.2. The number of carbonyl (C=O) groups is 2. The van der Waals surface area contributed by atoms with Crippen molar-refractivity contribution in [3.05, 3.63) is 23.8 Å². The highest BCUT2D eigenvalue weighted by molar-refractivity contribution is 6.05. The van der Waals surface area contributed by atoms with E-state index in [-0.39, 0.29) is 18.4 Å². The van der Waals surface area contributed by atoms with E-state index in [1.165, 1.54) is 0 Å². The zero-order chi connectivity index (χ0) is 12.4. The number of nitrogens with one attached hydrogen (secondary N) is 1. The van der Waals surface area contributed by atoms with Gasteiger partial charge in [-0.2, -0.15) is 0 Å². The van der Waals surface area contributed by atoms with Crippen LogP contribution >= 0.6 is 0 Å². The summed E-state index contributed by atoms with van der Waals surface area (Å²) >= 11 is 0. The number of hydrogen-bond acceptors (Lipinski definition) is 3. The first-order chi connectivity index (χ1) is 8.13. The van der Waals surface area contributed by atoms with E-state index >= 15 is 0 Å². The number of amides is 2. The number of rotatable bonds is 1. The smallest absolute Gasteiger partial charge is 0.240 e. The predicted molar refractivity (Wildman–Crippen MR) is 65.8 cm³/mol. The SMILES string of the molecule is Cc1cccc2c1N(C(=O)CN)CCC(=O)N2. The van der Waals surface area contributed by atoms with Gasteiger partial charge in [-0.05, 0) is 18.6 Å². The van der Waals surface area contributed by atoms with Crippen molar-refractivity contribution in [1.82, 2.24) is 0 Å². The standard InChI is InChI=1S/C12H15N3O2/c1-8-3-2-4-9-12(8)15(11(17)7-13)6-5-10(16)14-9/h2-4H,5-7,13H2,1H3,(H,14,16). The number of hydrogen-bond donors (Lipinski definition) is 2. The number of benzene rings is 1. The van der Waals surface area contributed by atoms with Crippen LogP contribution in [0.4, 0.5) is 11.4 Å². The molecule has 2 rings (SSSR count). The lowest BCUT2D eigenvalue weighted by Crippen LogP contribution is -2.37. The van der Waals surface area contributed by atoms with Gasteiger partial charge in [0.05, 0.1) is 17.9 Å². The third kappa shape index (κ3) is 2.14. The Morgan fingerprint density at radius 3 is 3.00 bits per heavy atom. The lowest BCUT2D eigenvalue weighted by molar-refractivity contribution is -0.117. The van der Waals surface area contributed by atoms with Crippen molar-refractivity contribution in [2.24, 2.45) is 5.73 Å². The van der Waals surface area contributed by atoms with Crippen LogP contribution < -0.4 is 16.0 Å². The van der Waals surface area contributed by atoms with E-state index in [1.54, 1.807) is 11.0 Å². The van der Waals surface area contributed by atoms with Crippen LogP contribution in [0.5, 0.6) is 0 Å². The fraction of sp³-hybridized carbons (Fsp3) is 0.333. The highest BCUT2D eigenvalue weighted by Crippen LogP contribution is 2.32. The molecule has 1 aliphatic heterocycles. The van der Waals surface area contributed by atoms with Crippen LogP contribution in [0.3, 0.4) is 0 Å². The van der Waals surface area contributed by atoms with Crippen molar-refractivity contribution in [2.45, 2.75) is 13.3 Å². The summed E-state index contributed by atoms with van der Waals surface area (Å²) in [6.07, 6.45) is 0.292. The quantitative estimate of drug-likeness (QED) is 0.747. The van der Waals surface area contributed by atoms with Gasteiger partial charge in [0.2, 0.25) is 11.8 Å². The van der Waals surface area contributed by atoms with Crippen molar-refractivity contribution in [1.29, 1.82) is 0 Å². The molecule has 5 nitrogen and oxygen atoms in total. The topological polar surface area (TPSA) is 75.4 Å². The lowest BCUT2D eigenvalue weighted by Gasteiger charge is -2.23. The Bertz CT molecular complexity index is 471. The van der Waals surface area contributed by atoms with Crippen LogP contribution in [0.2, 0.25) is 0 Å². The maximum atomic E-state index is 11.8. The van der Waals surface area contributed by atoms with E-state index in [1.807, 2.05) is 19.1 Å². The van der Waals surface area contributed by atoms with Gasteiger partial charge < -0.3 is 16.0 Å². The van der Waals surface area contributed by atoms with Gasteiger partial charge in [0.15, 0.2) is 0 Å². The van der Waals surface area contributed by atoms with E-state index in [0.717, 1.165) is 11.3 Å². The fourth-order valence-corrected chi connectivity index (χ4v) is 2.02. The minimum atomic E-state index is -0.169. The summed E-state index contributed by atoms with van der Waals surface area (Å²) in [5.74, 6) is -0.249. The zero-order valence-corrected chi connectivity index (χ0v) is 9.69. The highest BCUT2D eigenvalue weighted by Gasteiger charge is 2.24. The van der Waals surface area contributed by atoms with Crippen molar-refractivity contribution in [3.63, 3.8) is 0 Å². The second-order valence-corrected chi connectivity index (χ2v) is 4.02. The first-order valence-electron chi connectivity index (χ1n) is 5.53. The van der Waals surface area contributed by atoms with Gasteiger partial charge in [-0.1, -0.05) is 12.1 Å². The average Bonchev–Trinajstić information content (AvgIpc) is 2.47. The van der Waals surface area contributed by atoms with Crippen molar-refractivity contribution < 1.29 is 9.59 Å². The molecule has 0 aliphatic carbocycles. The van der Waals surface area contributed by atoms with Gasteiger partial charge in [0, 0.05) is 13.0 Å². The molecule has 5 heteroatoms. The molecule has 17 heavy (non-hydrogen) atoms. The first-order valence-corrected chi connectivity index (χ1v) is 5.53. The molecule has 0 saturated heterocycles. The molecule has 0 bridgehead atoms. The Morgan fingerprint density at radius 2 is 2.29 bits per heavy atom. The van der Waals surface area contributed by atoms with E-state index in [2.05, 4.69) is 5.32 Å². The number of nitrogens with two attached hydrogens (primary N) is 1. The van der Waals surface area contributed by atoms with Gasteiger partial charge in [0.1, 0.15) is 0 Å². The molecule has 1 aliphatic rings. The van der Waals surface area contributed by atoms with E-state index in [9.17, 15) is 9.59 Å². The summed E-state index contributed by atoms with van der Waals surface area (Å²) in [5, 5.41) is 2.80. The molecule has 1 heterocycles. The molecule has 1 aromatic rings. The number of nitrogens with zero attached hydrogens (tertiary/aromatic N) is 1. The number of fused-ring (bicyclic) bond motifs is 1. The summed E-state index contributed by atoms with van der Waals surface area (Å²) in [5.41, 5.74) is 7.78. The average molecular weight is 233 g/mol. The van der Waals surface area contributed by atoms with E-state index in [0.29, 0.717) is 18.7 Å². The van der Waals surface area contributed by atoms with Crippen molar-refractivity contribution in [2.75, 3.05) is 23.3 Å². The minimum Gasteiger partial charge on any atom is -0.324 e. The number of aryl methyl sites for hydroxylation is 1. The third-order valence-electron chi connectivity index (χ3n) is 2.82. The molecule has 0 aromatic heterocycles. The molecular weight excluding hydrogens is 218 g/mol. The molecule has 0 saturated carbocycles. The largest absolute Gasteiger partial charge is 0.324 e. The Labute approximate surface area is 99.6 Å². The van der Waals surface area contributed by atoms with Crippen LogP contribution in [-0.2, 0) is 9.59 Å². The third-order valence-corrected chi connectivity index (χ3v) is 2.82. The Morgan fingerprint density at radius 1 is 1.53 bits per heavy atom. The molecular formula is C12H15N3O2. The van der Waals surface area contributed by atoms with Crippen molar-refractivity contribution in [3.8, 4) is 0 Å². The van der Waals surface area contributed by atoms with Crippen LogP contribution in [0, 0.1) is 6.92 Å². The maximum absolute atomic E-state index is 11.8. The Hall–Kier alpha value is -1.88. The molecule has 3 N–H and O–H groups in total. The summed E-state index contributed by atoms with van der Waals surface area (Å²) in [6, 6.07) is 5.56. The van der Waals surface area contributed by atoms with Gasteiger partial charge in [0.25, 0.3) is 0 Å². The second kappa shape index (κ2) is 4.55. The number of para-hydroxylation sites is 1. The van der Waals surface area contributed by atoms with E-state index < -0.39 is 0 Å². The van der Waals surface area contributed by atoms with Gasteiger partial charge >= 0.3 is 0 Å². The number of carbonyl (C=O) groups excluding carboxylic acids is 2. The fourth-order valence-electron chi connectivity index (χ4n) is 2.02. The van der Waals surface area contributed by atoms with Crippen LogP contribution in [-0.4, -0.2) is 24.9 Å². The van der Waals surface area contributed by atoms with E-state index in [4.69, 9.17) is 5.73 Å². The summed E-state index contributed by atoms with van der Waals surface area (Å²) in [4.78, 5) is 24.9. The maximum Gasteiger partial charge on any atom is 0.240 e. The monoisotopic (exact) mass is 233 g/mol. The van der Waals surface area contributed by atoms with Crippen LogP contribution in [0.1, 0.15) is 12.0 Å².